The summed E-state index contributed by atoms with van der Waals surface area (Å²) >= 11 is 0. The maximum absolute atomic E-state index is 5.14. The van der Waals surface area contributed by atoms with Gasteiger partial charge in [0, 0.05) is 11.8 Å². The Morgan fingerprint density at radius 2 is 2.50 bits per heavy atom. The van der Waals surface area contributed by atoms with Crippen LogP contribution in [0.3, 0.4) is 0 Å². The monoisotopic (exact) mass is 162 g/mol. The first kappa shape index (κ1) is 7.31. The summed E-state index contributed by atoms with van der Waals surface area (Å²) in [4.78, 5) is 9.36. The molecule has 0 unspecified atom stereocenters. The molecule has 1 aliphatic heterocycles. The highest BCUT2D eigenvalue weighted by Gasteiger charge is 2.12. The molecule has 62 valence electrons. The van der Waals surface area contributed by atoms with Gasteiger partial charge < -0.3 is 0 Å². The van der Waals surface area contributed by atoms with Crippen LogP contribution in [0.15, 0.2) is 24.4 Å². The van der Waals surface area contributed by atoms with Gasteiger partial charge in [0.25, 0.3) is 0 Å². The molecule has 0 aliphatic carbocycles. The number of nitrogens with zero attached hydrogens (tertiary/aromatic N) is 2. The SMILES string of the molecule is CON1CC=Cc2cccnc21. The van der Waals surface area contributed by atoms with Gasteiger partial charge in [0.15, 0.2) is 5.82 Å². The van der Waals surface area contributed by atoms with Crippen LogP contribution in [0.1, 0.15) is 5.56 Å². The molecule has 0 spiro atoms. The zero-order valence-electron chi connectivity index (χ0n) is 6.90. The summed E-state index contributed by atoms with van der Waals surface area (Å²) in [6.45, 7) is 0.764. The Morgan fingerprint density at radius 1 is 1.58 bits per heavy atom. The lowest BCUT2D eigenvalue weighted by molar-refractivity contribution is 0.172. The van der Waals surface area contributed by atoms with Crippen molar-refractivity contribution in [2.75, 3.05) is 18.7 Å². The van der Waals surface area contributed by atoms with Gasteiger partial charge in [0.2, 0.25) is 0 Å². The number of fused-ring (bicyclic) bond motifs is 1. The molecule has 3 heteroatoms. The van der Waals surface area contributed by atoms with Crippen LogP contribution in [0.25, 0.3) is 6.08 Å². The molecular weight excluding hydrogens is 152 g/mol. The highest BCUT2D eigenvalue weighted by molar-refractivity contribution is 5.66. The van der Waals surface area contributed by atoms with E-state index >= 15 is 0 Å². The van der Waals surface area contributed by atoms with Crippen LogP contribution < -0.4 is 5.06 Å². The molecule has 2 rings (SSSR count). The van der Waals surface area contributed by atoms with E-state index < -0.39 is 0 Å². The van der Waals surface area contributed by atoms with Crippen molar-refractivity contribution >= 4 is 11.9 Å². The van der Waals surface area contributed by atoms with Crippen molar-refractivity contribution in [1.29, 1.82) is 0 Å². The molecule has 0 atom stereocenters. The molecule has 0 amide bonds. The minimum atomic E-state index is 0.764. The van der Waals surface area contributed by atoms with Crippen molar-refractivity contribution in [3.05, 3.63) is 30.0 Å². The number of hydrogen-bond acceptors (Lipinski definition) is 3. The molecular formula is C9H10N2O. The predicted molar refractivity (Wildman–Crippen MR) is 47.6 cm³/mol. The maximum atomic E-state index is 5.14. The molecule has 0 radical (unpaired) electrons. The van der Waals surface area contributed by atoms with E-state index in [1.165, 1.54) is 0 Å². The average Bonchev–Trinajstić information content (AvgIpc) is 2.17. The van der Waals surface area contributed by atoms with Gasteiger partial charge >= 0.3 is 0 Å². The van der Waals surface area contributed by atoms with Crippen LogP contribution >= 0.6 is 0 Å². The normalized spacial score (nSPS) is 14.6. The van der Waals surface area contributed by atoms with Crippen molar-refractivity contribution in [2.24, 2.45) is 0 Å². The molecule has 0 fully saturated rings. The Labute approximate surface area is 71.2 Å². The third-order valence-corrected chi connectivity index (χ3v) is 1.84. The largest absolute Gasteiger partial charge is 0.275 e. The Hall–Kier alpha value is -1.35. The summed E-state index contributed by atoms with van der Waals surface area (Å²) in [5.41, 5.74) is 1.10. The van der Waals surface area contributed by atoms with Gasteiger partial charge in [-0.2, -0.15) is 0 Å². The fourth-order valence-electron chi connectivity index (χ4n) is 1.27. The summed E-state index contributed by atoms with van der Waals surface area (Å²) in [6, 6.07) is 3.94. The lowest BCUT2D eigenvalue weighted by Crippen LogP contribution is -2.25. The highest BCUT2D eigenvalue weighted by Crippen LogP contribution is 2.21. The van der Waals surface area contributed by atoms with Gasteiger partial charge in [0.1, 0.15) is 0 Å². The molecule has 12 heavy (non-hydrogen) atoms. The second-order valence-corrected chi connectivity index (χ2v) is 2.56. The summed E-state index contributed by atoms with van der Waals surface area (Å²) in [5, 5.41) is 1.76. The summed E-state index contributed by atoms with van der Waals surface area (Å²) < 4.78 is 0. The minimum absolute atomic E-state index is 0.764. The van der Waals surface area contributed by atoms with Crippen molar-refractivity contribution in [3.63, 3.8) is 0 Å². The number of anilines is 1. The average molecular weight is 162 g/mol. The van der Waals surface area contributed by atoms with Crippen LogP contribution in [0, 0.1) is 0 Å². The van der Waals surface area contributed by atoms with E-state index in [9.17, 15) is 0 Å². The van der Waals surface area contributed by atoms with Gasteiger partial charge in [-0.3, -0.25) is 4.84 Å². The second-order valence-electron chi connectivity index (χ2n) is 2.56. The van der Waals surface area contributed by atoms with Crippen molar-refractivity contribution in [3.8, 4) is 0 Å². The zero-order chi connectivity index (χ0) is 8.39. The van der Waals surface area contributed by atoms with E-state index in [1.807, 2.05) is 18.2 Å². The standard InChI is InChI=1S/C9H10N2O/c1-12-11-7-3-5-8-4-2-6-10-9(8)11/h2-6H,7H2,1H3. The van der Waals surface area contributed by atoms with Crippen LogP contribution in [0.2, 0.25) is 0 Å². The third kappa shape index (κ3) is 1.08. The van der Waals surface area contributed by atoms with E-state index in [1.54, 1.807) is 18.4 Å². The molecule has 1 aromatic heterocycles. The molecule has 0 saturated carbocycles. The number of aromatic nitrogens is 1. The van der Waals surface area contributed by atoms with E-state index in [4.69, 9.17) is 4.84 Å². The van der Waals surface area contributed by atoms with E-state index in [2.05, 4.69) is 11.1 Å². The fourth-order valence-corrected chi connectivity index (χ4v) is 1.27. The van der Waals surface area contributed by atoms with Gasteiger partial charge in [-0.25, -0.2) is 10.0 Å². The molecule has 2 heterocycles. The minimum Gasteiger partial charge on any atom is -0.275 e. The maximum Gasteiger partial charge on any atom is 0.159 e. The van der Waals surface area contributed by atoms with Crippen LogP contribution in [-0.2, 0) is 4.84 Å². The van der Waals surface area contributed by atoms with Crippen molar-refractivity contribution in [2.45, 2.75) is 0 Å². The van der Waals surface area contributed by atoms with Crippen LogP contribution in [0.4, 0.5) is 5.82 Å². The highest BCUT2D eigenvalue weighted by atomic mass is 16.7. The summed E-state index contributed by atoms with van der Waals surface area (Å²) in [5.74, 6) is 0.891. The molecule has 1 aromatic rings. The first-order valence-corrected chi connectivity index (χ1v) is 3.85. The molecule has 3 nitrogen and oxygen atoms in total. The van der Waals surface area contributed by atoms with Crippen molar-refractivity contribution < 1.29 is 4.84 Å². The van der Waals surface area contributed by atoms with Gasteiger partial charge in [-0.05, 0) is 12.1 Å². The number of pyridine rings is 1. The smallest absolute Gasteiger partial charge is 0.159 e. The molecule has 1 aliphatic rings. The first-order valence-electron chi connectivity index (χ1n) is 3.85. The lowest BCUT2D eigenvalue weighted by Gasteiger charge is -2.23. The predicted octanol–water partition coefficient (Wildman–Crippen LogP) is 1.48. The zero-order valence-corrected chi connectivity index (χ0v) is 6.90. The Balaban J connectivity index is 2.45. The summed E-state index contributed by atoms with van der Waals surface area (Å²) in [6.07, 6.45) is 5.87. The first-order chi connectivity index (χ1) is 5.92. The molecule has 0 bridgehead atoms. The van der Waals surface area contributed by atoms with Crippen molar-refractivity contribution in [1.82, 2.24) is 4.98 Å². The Morgan fingerprint density at radius 3 is 3.33 bits per heavy atom. The van der Waals surface area contributed by atoms with Crippen LogP contribution in [-0.4, -0.2) is 18.6 Å². The van der Waals surface area contributed by atoms with E-state index in [0.29, 0.717) is 0 Å². The molecule has 0 N–H and O–H groups in total. The Kier molecular flexibility index (Phi) is 1.80. The number of hydrogen-bond donors (Lipinski definition) is 0. The third-order valence-electron chi connectivity index (χ3n) is 1.84. The Bertz CT molecular complexity index is 309. The fraction of sp³-hybridized carbons (Fsp3) is 0.222. The topological polar surface area (TPSA) is 25.4 Å². The second kappa shape index (κ2) is 2.95. The van der Waals surface area contributed by atoms with Gasteiger partial charge in [-0.15, -0.1) is 0 Å². The van der Waals surface area contributed by atoms with E-state index in [0.717, 1.165) is 17.9 Å². The van der Waals surface area contributed by atoms with E-state index in [-0.39, 0.29) is 0 Å². The molecule has 0 aromatic carbocycles. The summed E-state index contributed by atoms with van der Waals surface area (Å²) in [7, 11) is 1.65. The van der Waals surface area contributed by atoms with Gasteiger partial charge in [0.05, 0.1) is 13.7 Å². The quantitative estimate of drug-likeness (QED) is 0.625. The van der Waals surface area contributed by atoms with Crippen LogP contribution in [0.5, 0.6) is 0 Å². The number of hydroxylamine groups is 1. The van der Waals surface area contributed by atoms with Gasteiger partial charge in [-0.1, -0.05) is 12.2 Å². The molecule has 0 saturated heterocycles. The number of rotatable bonds is 1. The lowest BCUT2D eigenvalue weighted by atomic mass is 10.2.